The fourth-order valence-corrected chi connectivity index (χ4v) is 2.78. The molecule has 0 aromatic heterocycles. The third kappa shape index (κ3) is 5.00. The van der Waals surface area contributed by atoms with Crippen LogP contribution in [-0.2, 0) is 0 Å². The second-order valence-corrected chi connectivity index (χ2v) is 6.05. The summed E-state index contributed by atoms with van der Waals surface area (Å²) in [6.45, 7) is 12.3. The summed E-state index contributed by atoms with van der Waals surface area (Å²) in [6.07, 6.45) is 1.15. The highest BCUT2D eigenvalue weighted by molar-refractivity contribution is 9.10. The lowest BCUT2D eigenvalue weighted by Gasteiger charge is -2.22. The molecule has 0 aliphatic heterocycles. The largest absolute Gasteiger partial charge is 0.371 e. The third-order valence-corrected chi connectivity index (χ3v) is 3.79. The van der Waals surface area contributed by atoms with Crippen LogP contribution in [0, 0.1) is 0 Å². The van der Waals surface area contributed by atoms with Gasteiger partial charge in [0.2, 0.25) is 0 Å². The van der Waals surface area contributed by atoms with Gasteiger partial charge in [-0.3, -0.25) is 0 Å². The lowest BCUT2D eigenvalue weighted by Crippen LogP contribution is -2.21. The quantitative estimate of drug-likeness (QED) is 0.742. The molecule has 0 aliphatic carbocycles. The SMILES string of the molecule is C=C(C)CN(C)c1ccc(C(C)NCCC)c(Br)c1. The fraction of sp³-hybridized carbons (Fsp3) is 0.500. The molecule has 1 rings (SSSR count). The predicted octanol–water partition coefficient (Wildman–Crippen LogP) is 4.52. The molecular weight excluding hydrogens is 300 g/mol. The van der Waals surface area contributed by atoms with Crippen LogP contribution in [0.4, 0.5) is 5.69 Å². The van der Waals surface area contributed by atoms with E-state index in [-0.39, 0.29) is 0 Å². The first-order chi connectivity index (χ1) is 8.95. The van der Waals surface area contributed by atoms with Crippen LogP contribution in [0.25, 0.3) is 0 Å². The summed E-state index contributed by atoms with van der Waals surface area (Å²) in [6, 6.07) is 6.92. The number of nitrogens with one attached hydrogen (secondary N) is 1. The molecular formula is C16H25BrN2. The molecule has 0 heterocycles. The molecule has 1 atom stereocenters. The van der Waals surface area contributed by atoms with Crippen molar-refractivity contribution in [3.63, 3.8) is 0 Å². The first-order valence-electron chi connectivity index (χ1n) is 6.84. The molecule has 0 amide bonds. The van der Waals surface area contributed by atoms with Crippen LogP contribution in [0.5, 0.6) is 0 Å². The minimum absolute atomic E-state index is 0.370. The number of likely N-dealkylation sites (N-methyl/N-ethyl adjacent to an activating group) is 1. The third-order valence-electron chi connectivity index (χ3n) is 3.10. The van der Waals surface area contributed by atoms with Crippen molar-refractivity contribution >= 4 is 21.6 Å². The van der Waals surface area contributed by atoms with Gasteiger partial charge in [-0.2, -0.15) is 0 Å². The molecule has 0 radical (unpaired) electrons. The van der Waals surface area contributed by atoms with Crippen LogP contribution in [0.15, 0.2) is 34.8 Å². The van der Waals surface area contributed by atoms with E-state index in [1.165, 1.54) is 16.8 Å². The zero-order valence-electron chi connectivity index (χ0n) is 12.5. The molecule has 106 valence electrons. The van der Waals surface area contributed by atoms with Crippen LogP contribution in [0.2, 0.25) is 0 Å². The van der Waals surface area contributed by atoms with E-state index in [9.17, 15) is 0 Å². The maximum absolute atomic E-state index is 3.96. The second kappa shape index (κ2) is 7.71. The van der Waals surface area contributed by atoms with E-state index in [2.05, 4.69) is 78.7 Å². The predicted molar refractivity (Wildman–Crippen MR) is 88.9 cm³/mol. The zero-order valence-corrected chi connectivity index (χ0v) is 14.0. The van der Waals surface area contributed by atoms with E-state index in [1.54, 1.807) is 0 Å². The maximum atomic E-state index is 3.96. The molecule has 0 bridgehead atoms. The van der Waals surface area contributed by atoms with Gasteiger partial charge in [-0.05, 0) is 44.5 Å². The number of halogens is 1. The van der Waals surface area contributed by atoms with Crippen molar-refractivity contribution in [3.8, 4) is 0 Å². The normalized spacial score (nSPS) is 12.3. The number of rotatable bonds is 7. The van der Waals surface area contributed by atoms with Gasteiger partial charge in [-0.25, -0.2) is 0 Å². The lowest BCUT2D eigenvalue weighted by atomic mass is 10.1. The van der Waals surface area contributed by atoms with Gasteiger partial charge >= 0.3 is 0 Å². The molecule has 1 aromatic carbocycles. The number of anilines is 1. The molecule has 0 spiro atoms. The van der Waals surface area contributed by atoms with E-state index in [1.807, 2.05) is 0 Å². The average Bonchev–Trinajstić information content (AvgIpc) is 2.34. The van der Waals surface area contributed by atoms with Crippen molar-refractivity contribution in [2.45, 2.75) is 33.2 Å². The molecule has 0 aliphatic rings. The summed E-state index contributed by atoms with van der Waals surface area (Å²) < 4.78 is 1.16. The molecule has 1 aromatic rings. The van der Waals surface area contributed by atoms with Gasteiger partial charge in [0.1, 0.15) is 0 Å². The monoisotopic (exact) mass is 324 g/mol. The van der Waals surface area contributed by atoms with Crippen molar-refractivity contribution in [1.29, 1.82) is 0 Å². The van der Waals surface area contributed by atoms with Gasteiger partial charge in [0.15, 0.2) is 0 Å². The summed E-state index contributed by atoms with van der Waals surface area (Å²) in [5.74, 6) is 0. The molecule has 0 fully saturated rings. The van der Waals surface area contributed by atoms with Crippen molar-refractivity contribution in [2.75, 3.05) is 25.0 Å². The minimum atomic E-state index is 0.370. The molecule has 3 heteroatoms. The van der Waals surface area contributed by atoms with Gasteiger partial charge in [0.25, 0.3) is 0 Å². The number of benzene rings is 1. The topological polar surface area (TPSA) is 15.3 Å². The molecule has 19 heavy (non-hydrogen) atoms. The summed E-state index contributed by atoms with van der Waals surface area (Å²) in [4.78, 5) is 2.21. The smallest absolute Gasteiger partial charge is 0.0380 e. The summed E-state index contributed by atoms with van der Waals surface area (Å²) in [5.41, 5.74) is 3.68. The first kappa shape index (κ1) is 16.3. The van der Waals surface area contributed by atoms with Crippen molar-refractivity contribution < 1.29 is 0 Å². The van der Waals surface area contributed by atoms with Crippen LogP contribution < -0.4 is 10.2 Å². The van der Waals surface area contributed by atoms with E-state index < -0.39 is 0 Å². The zero-order chi connectivity index (χ0) is 14.4. The Kier molecular flexibility index (Phi) is 6.59. The molecule has 1 N–H and O–H groups in total. The number of hydrogen-bond acceptors (Lipinski definition) is 2. The summed E-state index contributed by atoms with van der Waals surface area (Å²) in [5, 5.41) is 3.51. The van der Waals surface area contributed by atoms with Crippen LogP contribution in [-0.4, -0.2) is 20.1 Å². The highest BCUT2D eigenvalue weighted by Crippen LogP contribution is 2.28. The number of nitrogens with zero attached hydrogens (tertiary/aromatic N) is 1. The minimum Gasteiger partial charge on any atom is -0.371 e. The van der Waals surface area contributed by atoms with Crippen molar-refractivity contribution in [3.05, 3.63) is 40.4 Å². The Hall–Kier alpha value is -0.800. The van der Waals surface area contributed by atoms with Crippen molar-refractivity contribution in [1.82, 2.24) is 5.32 Å². The van der Waals surface area contributed by atoms with E-state index >= 15 is 0 Å². The molecule has 0 saturated carbocycles. The van der Waals surface area contributed by atoms with Gasteiger partial charge in [0, 0.05) is 29.8 Å². The highest BCUT2D eigenvalue weighted by Gasteiger charge is 2.10. The van der Waals surface area contributed by atoms with Gasteiger partial charge in [-0.15, -0.1) is 0 Å². The molecule has 1 unspecified atom stereocenters. The van der Waals surface area contributed by atoms with Crippen LogP contribution >= 0.6 is 15.9 Å². The van der Waals surface area contributed by atoms with Gasteiger partial charge < -0.3 is 10.2 Å². The van der Waals surface area contributed by atoms with Crippen molar-refractivity contribution in [2.24, 2.45) is 0 Å². The Bertz CT molecular complexity index is 429. The van der Waals surface area contributed by atoms with Gasteiger partial charge in [-0.1, -0.05) is 41.1 Å². The fourth-order valence-electron chi connectivity index (χ4n) is 2.07. The Morgan fingerprint density at radius 2 is 2.16 bits per heavy atom. The Labute approximate surface area is 126 Å². The Balaban J connectivity index is 2.81. The average molecular weight is 325 g/mol. The summed E-state index contributed by atoms with van der Waals surface area (Å²) in [7, 11) is 2.09. The molecule has 0 saturated heterocycles. The van der Waals surface area contributed by atoms with E-state index in [0.29, 0.717) is 6.04 Å². The maximum Gasteiger partial charge on any atom is 0.0380 e. The number of hydrogen-bond donors (Lipinski definition) is 1. The second-order valence-electron chi connectivity index (χ2n) is 5.19. The molecule has 2 nitrogen and oxygen atoms in total. The van der Waals surface area contributed by atoms with Gasteiger partial charge in [0.05, 0.1) is 0 Å². The van der Waals surface area contributed by atoms with E-state index in [4.69, 9.17) is 0 Å². The summed E-state index contributed by atoms with van der Waals surface area (Å²) >= 11 is 3.69. The lowest BCUT2D eigenvalue weighted by molar-refractivity contribution is 0.569. The van der Waals surface area contributed by atoms with Crippen LogP contribution in [0.3, 0.4) is 0 Å². The Morgan fingerprint density at radius 1 is 1.47 bits per heavy atom. The Morgan fingerprint density at radius 3 is 2.68 bits per heavy atom. The van der Waals surface area contributed by atoms with Crippen LogP contribution in [0.1, 0.15) is 38.8 Å². The van der Waals surface area contributed by atoms with E-state index in [0.717, 1.165) is 24.0 Å². The highest BCUT2D eigenvalue weighted by atomic mass is 79.9. The first-order valence-corrected chi connectivity index (χ1v) is 7.63. The standard InChI is InChI=1S/C16H25BrN2/c1-6-9-18-13(4)15-8-7-14(10-16(15)17)19(5)11-12(2)3/h7-8,10,13,18H,2,6,9,11H2,1,3-5H3.